The van der Waals surface area contributed by atoms with Crippen LogP contribution in [0.5, 0.6) is 0 Å². The van der Waals surface area contributed by atoms with Crippen LogP contribution in [-0.4, -0.2) is 31.6 Å². The van der Waals surface area contributed by atoms with Crippen molar-refractivity contribution in [1.82, 2.24) is 16.0 Å². The van der Waals surface area contributed by atoms with E-state index in [1.807, 2.05) is 0 Å². The van der Waals surface area contributed by atoms with Crippen molar-refractivity contribution < 1.29 is 9.59 Å². The molecule has 0 saturated heterocycles. The highest BCUT2D eigenvalue weighted by molar-refractivity contribution is 5.83. The van der Waals surface area contributed by atoms with E-state index in [1.165, 1.54) is 30.4 Å². The number of hydrogen-bond donors (Lipinski definition) is 3. The van der Waals surface area contributed by atoms with Crippen LogP contribution in [0.25, 0.3) is 0 Å². The summed E-state index contributed by atoms with van der Waals surface area (Å²) in [6, 6.07) is 8.44. The zero-order valence-electron chi connectivity index (χ0n) is 13.9. The van der Waals surface area contributed by atoms with Gasteiger partial charge in [-0.3, -0.25) is 4.79 Å². The Morgan fingerprint density at radius 1 is 1.08 bits per heavy atom. The molecule has 1 aromatic carbocycles. The normalized spacial score (nSPS) is 26.8. The molecular weight excluding hydrogens is 302 g/mol. The van der Waals surface area contributed by atoms with Crippen LogP contribution in [0.1, 0.15) is 36.8 Å². The summed E-state index contributed by atoms with van der Waals surface area (Å²) in [5, 5.41) is 8.42. The monoisotopic (exact) mass is 327 g/mol. The Bertz CT molecular complexity index is 656. The molecule has 0 unspecified atom stereocenters. The lowest BCUT2D eigenvalue weighted by atomic mass is 9.95. The second-order valence-electron chi connectivity index (χ2n) is 7.53. The SMILES string of the molecule is O=C(CNC(=O)NC[C@H]1C[C@@]12CCc1ccccc12)NCC1CC1. The zero-order chi connectivity index (χ0) is 16.6. The number of amides is 3. The molecule has 3 N–H and O–H groups in total. The number of fused-ring (bicyclic) bond motifs is 2. The molecule has 0 heterocycles. The number of nitrogens with one attached hydrogen (secondary N) is 3. The topological polar surface area (TPSA) is 70.2 Å². The van der Waals surface area contributed by atoms with Crippen molar-refractivity contribution >= 4 is 11.9 Å². The summed E-state index contributed by atoms with van der Waals surface area (Å²) in [5.41, 5.74) is 3.25. The maximum Gasteiger partial charge on any atom is 0.315 e. The minimum atomic E-state index is -0.245. The van der Waals surface area contributed by atoms with Crippen LogP contribution in [-0.2, 0) is 16.6 Å². The highest BCUT2D eigenvalue weighted by Gasteiger charge is 2.57. The Morgan fingerprint density at radius 3 is 2.75 bits per heavy atom. The third kappa shape index (κ3) is 3.12. The molecule has 0 radical (unpaired) electrons. The Labute approximate surface area is 142 Å². The summed E-state index contributed by atoms with van der Waals surface area (Å²) in [6.45, 7) is 1.48. The fraction of sp³-hybridized carbons (Fsp3) is 0.579. The third-order valence-electron chi connectivity index (χ3n) is 5.83. The summed E-state index contributed by atoms with van der Waals surface area (Å²) in [6.07, 6.45) is 5.93. The van der Waals surface area contributed by atoms with E-state index in [-0.39, 0.29) is 18.5 Å². The van der Waals surface area contributed by atoms with Gasteiger partial charge in [-0.15, -0.1) is 0 Å². The van der Waals surface area contributed by atoms with Crippen LogP contribution in [0.2, 0.25) is 0 Å². The minimum absolute atomic E-state index is 0.0528. The van der Waals surface area contributed by atoms with Gasteiger partial charge < -0.3 is 16.0 Å². The largest absolute Gasteiger partial charge is 0.354 e. The molecule has 1 aromatic rings. The first-order valence-electron chi connectivity index (χ1n) is 9.04. The van der Waals surface area contributed by atoms with E-state index in [2.05, 4.69) is 40.2 Å². The first-order chi connectivity index (χ1) is 11.7. The first kappa shape index (κ1) is 15.5. The van der Waals surface area contributed by atoms with Gasteiger partial charge in [0.2, 0.25) is 5.91 Å². The fourth-order valence-electron chi connectivity index (χ4n) is 4.08. The number of carbonyl (C=O) groups excluding carboxylic acids is 2. The van der Waals surface area contributed by atoms with Crippen LogP contribution < -0.4 is 16.0 Å². The van der Waals surface area contributed by atoms with Crippen LogP contribution in [0.4, 0.5) is 4.79 Å². The highest BCUT2D eigenvalue weighted by atomic mass is 16.2. The number of hydrogen-bond acceptors (Lipinski definition) is 2. The molecule has 128 valence electrons. The Balaban J connectivity index is 1.18. The Morgan fingerprint density at radius 2 is 1.92 bits per heavy atom. The smallest absolute Gasteiger partial charge is 0.315 e. The summed E-state index contributed by atoms with van der Waals surface area (Å²) in [5.74, 6) is 1.07. The van der Waals surface area contributed by atoms with Crippen molar-refractivity contribution in [3.8, 4) is 0 Å². The molecule has 5 heteroatoms. The van der Waals surface area contributed by atoms with Crippen molar-refractivity contribution in [3.63, 3.8) is 0 Å². The molecule has 2 saturated carbocycles. The van der Waals surface area contributed by atoms with E-state index in [0.29, 0.717) is 23.8 Å². The van der Waals surface area contributed by atoms with Gasteiger partial charge >= 0.3 is 6.03 Å². The summed E-state index contributed by atoms with van der Waals surface area (Å²) >= 11 is 0. The van der Waals surface area contributed by atoms with E-state index in [0.717, 1.165) is 19.4 Å². The molecule has 24 heavy (non-hydrogen) atoms. The van der Waals surface area contributed by atoms with Crippen molar-refractivity contribution in [2.45, 2.75) is 37.5 Å². The van der Waals surface area contributed by atoms with Gasteiger partial charge in [0.25, 0.3) is 0 Å². The Hall–Kier alpha value is -2.04. The maximum absolute atomic E-state index is 11.9. The number of carbonyl (C=O) groups is 2. The fourth-order valence-corrected chi connectivity index (χ4v) is 4.08. The predicted molar refractivity (Wildman–Crippen MR) is 91.7 cm³/mol. The predicted octanol–water partition coefficient (Wildman–Crippen LogP) is 1.72. The average molecular weight is 327 g/mol. The van der Waals surface area contributed by atoms with E-state index in [4.69, 9.17) is 0 Å². The molecule has 5 nitrogen and oxygen atoms in total. The first-order valence-corrected chi connectivity index (χ1v) is 9.04. The number of aryl methyl sites for hydroxylation is 1. The van der Waals surface area contributed by atoms with Gasteiger partial charge in [0.15, 0.2) is 0 Å². The van der Waals surface area contributed by atoms with Gasteiger partial charge in [0.05, 0.1) is 6.54 Å². The van der Waals surface area contributed by atoms with Crippen LogP contribution in [0, 0.1) is 11.8 Å². The lowest BCUT2D eigenvalue weighted by Gasteiger charge is -2.12. The lowest BCUT2D eigenvalue weighted by molar-refractivity contribution is -0.120. The van der Waals surface area contributed by atoms with E-state index < -0.39 is 0 Å². The number of rotatable bonds is 6. The van der Waals surface area contributed by atoms with Crippen molar-refractivity contribution in [2.75, 3.05) is 19.6 Å². The van der Waals surface area contributed by atoms with E-state index in [1.54, 1.807) is 0 Å². The standard InChI is InChI=1S/C19H25N3O2/c23-17(20-10-13-5-6-13)12-22-18(24)21-11-15-9-19(15)8-7-14-3-1-2-4-16(14)19/h1-4,13,15H,5-12H2,(H,20,23)(H2,21,22,24)/t15-,19+/m1/s1. The van der Waals surface area contributed by atoms with E-state index in [9.17, 15) is 9.59 Å². The van der Waals surface area contributed by atoms with Crippen LogP contribution in [0.15, 0.2) is 24.3 Å². The van der Waals surface area contributed by atoms with Gasteiger partial charge in [0, 0.05) is 18.5 Å². The lowest BCUT2D eigenvalue weighted by Crippen LogP contribution is -2.43. The second kappa shape index (κ2) is 6.11. The second-order valence-corrected chi connectivity index (χ2v) is 7.53. The van der Waals surface area contributed by atoms with Crippen molar-refractivity contribution in [2.24, 2.45) is 11.8 Å². The zero-order valence-corrected chi connectivity index (χ0v) is 13.9. The molecule has 3 aliphatic rings. The summed E-state index contributed by atoms with van der Waals surface area (Å²) in [4.78, 5) is 23.5. The number of benzene rings is 1. The molecule has 3 amide bonds. The van der Waals surface area contributed by atoms with E-state index >= 15 is 0 Å². The molecule has 0 aliphatic heterocycles. The molecule has 0 bridgehead atoms. The van der Waals surface area contributed by atoms with Gasteiger partial charge in [0.1, 0.15) is 0 Å². The highest BCUT2D eigenvalue weighted by Crippen LogP contribution is 2.61. The summed E-state index contributed by atoms with van der Waals surface area (Å²) < 4.78 is 0. The third-order valence-corrected chi connectivity index (χ3v) is 5.83. The molecule has 0 aromatic heterocycles. The Kier molecular flexibility index (Phi) is 3.94. The van der Waals surface area contributed by atoms with Crippen LogP contribution >= 0.6 is 0 Å². The minimum Gasteiger partial charge on any atom is -0.354 e. The quantitative estimate of drug-likeness (QED) is 0.744. The average Bonchev–Trinajstić information content (AvgIpc) is 3.49. The summed E-state index contributed by atoms with van der Waals surface area (Å²) in [7, 11) is 0. The molecule has 1 spiro atoms. The number of urea groups is 1. The molecular formula is C19H25N3O2. The van der Waals surface area contributed by atoms with Gasteiger partial charge in [-0.2, -0.15) is 0 Å². The van der Waals surface area contributed by atoms with Crippen molar-refractivity contribution in [1.29, 1.82) is 0 Å². The molecule has 2 atom stereocenters. The molecule has 3 aliphatic carbocycles. The van der Waals surface area contributed by atoms with Crippen LogP contribution in [0.3, 0.4) is 0 Å². The maximum atomic E-state index is 11.9. The molecule has 2 fully saturated rings. The van der Waals surface area contributed by atoms with Gasteiger partial charge in [-0.05, 0) is 55.1 Å². The van der Waals surface area contributed by atoms with Gasteiger partial charge in [-0.1, -0.05) is 24.3 Å². The molecule has 4 rings (SSSR count). The van der Waals surface area contributed by atoms with Crippen molar-refractivity contribution in [3.05, 3.63) is 35.4 Å². The van der Waals surface area contributed by atoms with Gasteiger partial charge in [-0.25, -0.2) is 4.79 Å².